The number of carbonyl (C=O) groups excluding carboxylic acids is 1. The molecular formula is C24H37N3O2. The van der Waals surface area contributed by atoms with E-state index in [-0.39, 0.29) is 39.0 Å². The van der Waals surface area contributed by atoms with Crippen LogP contribution in [0.3, 0.4) is 0 Å². The van der Waals surface area contributed by atoms with Crippen LogP contribution in [0.4, 0.5) is 0 Å². The lowest BCUT2D eigenvalue weighted by Gasteiger charge is -2.25. The molecule has 0 saturated carbocycles. The Morgan fingerprint density at radius 2 is 1.83 bits per heavy atom. The average molecular weight is 400 g/mol. The van der Waals surface area contributed by atoms with Crippen LogP contribution in [0.2, 0.25) is 0 Å². The van der Waals surface area contributed by atoms with Crippen molar-refractivity contribution in [2.45, 2.75) is 65.2 Å². The lowest BCUT2D eigenvalue weighted by Crippen LogP contribution is -2.40. The summed E-state index contributed by atoms with van der Waals surface area (Å²) < 4.78 is 6.09. The second-order valence-electron chi connectivity index (χ2n) is 7.74. The number of unbranched alkanes of at least 4 members (excludes halogenated alkanes) is 1. The van der Waals surface area contributed by atoms with Crippen molar-refractivity contribution in [1.82, 2.24) is 9.80 Å². The van der Waals surface area contributed by atoms with Crippen LogP contribution in [-0.4, -0.2) is 54.2 Å². The van der Waals surface area contributed by atoms with Gasteiger partial charge in [0.25, 0.3) is 0 Å². The molecule has 2 aliphatic heterocycles. The van der Waals surface area contributed by atoms with Gasteiger partial charge in [0, 0.05) is 0 Å². The molecule has 2 aromatic rings. The Morgan fingerprint density at radius 3 is 2.59 bits per heavy atom. The monoisotopic (exact) mass is 399 g/mol. The maximum Gasteiger partial charge on any atom is 0.241 e. The smallest absolute Gasteiger partial charge is 0.241 e. The minimum absolute atomic E-state index is 0. The summed E-state index contributed by atoms with van der Waals surface area (Å²) in [7, 11) is 2.09. The number of likely N-dealkylation sites (N-methyl/N-ethyl adjacent to an activating group) is 1. The summed E-state index contributed by atoms with van der Waals surface area (Å²) in [6.07, 6.45) is 5.15. The number of hydrogen-bond acceptors (Lipinski definition) is 4. The number of amides is 1. The number of rotatable bonds is 7. The van der Waals surface area contributed by atoms with Gasteiger partial charge in [0.05, 0.1) is 18.2 Å². The summed E-state index contributed by atoms with van der Waals surface area (Å²) in [5.74, 6) is 1.14. The standard InChI is InChI=1S/C22H29N3O2.2CH4/c1-24-20(8-4-5-13-23)22(26)25-18(10-12-21(24)25)15-27-19-11-9-16-6-2-3-7-17(16)14-19;;/h2-3,6-7,9,11,14,18,20-21H,4-5,8,10,12-13,15,23H2,1H3;2*1H4/t18-,20+,21?;;/m1../s1. The fourth-order valence-electron chi connectivity index (χ4n) is 4.57. The van der Waals surface area contributed by atoms with Crippen LogP contribution in [0.25, 0.3) is 10.8 Å². The summed E-state index contributed by atoms with van der Waals surface area (Å²) in [5.41, 5.74) is 5.60. The summed E-state index contributed by atoms with van der Waals surface area (Å²) in [5, 5.41) is 2.39. The Balaban J connectivity index is 0.00000150. The maximum absolute atomic E-state index is 13.0. The summed E-state index contributed by atoms with van der Waals surface area (Å²) in [6, 6.07) is 14.6. The summed E-state index contributed by atoms with van der Waals surface area (Å²) in [4.78, 5) is 17.3. The summed E-state index contributed by atoms with van der Waals surface area (Å²) in [6.45, 7) is 1.25. The zero-order valence-corrected chi connectivity index (χ0v) is 16.0. The van der Waals surface area contributed by atoms with Crippen molar-refractivity contribution < 1.29 is 9.53 Å². The number of nitrogens with zero attached hydrogens (tertiary/aromatic N) is 2. The molecule has 2 saturated heterocycles. The van der Waals surface area contributed by atoms with Crippen LogP contribution in [0.5, 0.6) is 5.75 Å². The lowest BCUT2D eigenvalue weighted by molar-refractivity contribution is -0.131. The van der Waals surface area contributed by atoms with Crippen molar-refractivity contribution in [3.8, 4) is 5.75 Å². The number of hydrogen-bond donors (Lipinski definition) is 1. The van der Waals surface area contributed by atoms with E-state index in [9.17, 15) is 4.79 Å². The molecule has 3 atom stereocenters. The molecule has 1 unspecified atom stereocenters. The van der Waals surface area contributed by atoms with E-state index >= 15 is 0 Å². The Kier molecular flexibility index (Phi) is 8.05. The van der Waals surface area contributed by atoms with Gasteiger partial charge in [-0.2, -0.15) is 0 Å². The highest BCUT2D eigenvalue weighted by Gasteiger charge is 2.49. The van der Waals surface area contributed by atoms with E-state index in [0.717, 1.165) is 37.9 Å². The molecule has 160 valence electrons. The van der Waals surface area contributed by atoms with Crippen molar-refractivity contribution in [2.75, 3.05) is 20.2 Å². The van der Waals surface area contributed by atoms with Crippen LogP contribution in [0, 0.1) is 0 Å². The third-order valence-electron chi connectivity index (χ3n) is 6.07. The van der Waals surface area contributed by atoms with Crippen LogP contribution >= 0.6 is 0 Å². The Bertz CT molecular complexity index is 810. The lowest BCUT2D eigenvalue weighted by atomic mass is 10.1. The molecule has 0 spiro atoms. The Hall–Kier alpha value is -2.11. The van der Waals surface area contributed by atoms with Gasteiger partial charge in [0.15, 0.2) is 0 Å². The molecule has 0 radical (unpaired) electrons. The van der Waals surface area contributed by atoms with Crippen LogP contribution in [-0.2, 0) is 4.79 Å². The molecule has 2 aromatic carbocycles. The van der Waals surface area contributed by atoms with E-state index in [1.54, 1.807) is 0 Å². The molecule has 0 aliphatic carbocycles. The highest BCUT2D eigenvalue weighted by atomic mass is 16.5. The number of carbonyl (C=O) groups is 1. The molecule has 2 fully saturated rings. The highest BCUT2D eigenvalue weighted by molar-refractivity contribution is 5.85. The summed E-state index contributed by atoms with van der Waals surface area (Å²) >= 11 is 0. The van der Waals surface area contributed by atoms with E-state index in [4.69, 9.17) is 10.5 Å². The van der Waals surface area contributed by atoms with Gasteiger partial charge < -0.3 is 15.4 Å². The molecular weight excluding hydrogens is 362 g/mol. The average Bonchev–Trinajstić information content (AvgIpc) is 3.21. The minimum Gasteiger partial charge on any atom is -0.491 e. The largest absolute Gasteiger partial charge is 0.491 e. The van der Waals surface area contributed by atoms with Gasteiger partial charge in [0.2, 0.25) is 5.91 Å². The van der Waals surface area contributed by atoms with Gasteiger partial charge in [-0.3, -0.25) is 9.69 Å². The third kappa shape index (κ3) is 4.57. The van der Waals surface area contributed by atoms with E-state index < -0.39 is 0 Å². The molecule has 2 N–H and O–H groups in total. The zero-order valence-electron chi connectivity index (χ0n) is 16.0. The molecule has 1 amide bonds. The highest BCUT2D eigenvalue weighted by Crippen LogP contribution is 2.35. The van der Waals surface area contributed by atoms with E-state index in [2.05, 4.69) is 41.1 Å². The Morgan fingerprint density at radius 1 is 1.07 bits per heavy atom. The molecule has 5 nitrogen and oxygen atoms in total. The number of ether oxygens (including phenoxy) is 1. The van der Waals surface area contributed by atoms with E-state index in [1.807, 2.05) is 18.2 Å². The zero-order chi connectivity index (χ0) is 18.8. The van der Waals surface area contributed by atoms with Crippen LogP contribution in [0.15, 0.2) is 42.5 Å². The first-order valence-corrected chi connectivity index (χ1v) is 10.0. The number of fused-ring (bicyclic) bond motifs is 2. The van der Waals surface area contributed by atoms with Gasteiger partial charge in [-0.05, 0) is 62.2 Å². The maximum atomic E-state index is 13.0. The molecule has 2 aliphatic rings. The van der Waals surface area contributed by atoms with Crippen molar-refractivity contribution in [3.63, 3.8) is 0 Å². The molecule has 29 heavy (non-hydrogen) atoms. The van der Waals surface area contributed by atoms with E-state index in [0.29, 0.717) is 13.2 Å². The Labute approximate surface area is 175 Å². The second-order valence-corrected chi connectivity index (χ2v) is 7.74. The molecule has 0 bridgehead atoms. The first kappa shape index (κ1) is 23.2. The van der Waals surface area contributed by atoms with E-state index in [1.165, 1.54) is 10.8 Å². The minimum atomic E-state index is 0. The fraction of sp³-hybridized carbons (Fsp3) is 0.542. The third-order valence-corrected chi connectivity index (χ3v) is 6.07. The normalized spacial score (nSPS) is 23.6. The quantitative estimate of drug-likeness (QED) is 0.707. The SMILES string of the molecule is C.C.CN1C2CC[C@H](COc3ccc4ccccc4c3)N2C(=O)[C@@H]1CCCCN. The fourth-order valence-corrected chi connectivity index (χ4v) is 4.57. The molecule has 0 aromatic heterocycles. The predicted molar refractivity (Wildman–Crippen MR) is 121 cm³/mol. The molecule has 4 rings (SSSR count). The van der Waals surface area contributed by atoms with Crippen molar-refractivity contribution >= 4 is 16.7 Å². The van der Waals surface area contributed by atoms with Gasteiger partial charge in [-0.15, -0.1) is 0 Å². The number of benzene rings is 2. The van der Waals surface area contributed by atoms with Crippen LogP contribution < -0.4 is 10.5 Å². The predicted octanol–water partition coefficient (Wildman–Crippen LogP) is 4.25. The van der Waals surface area contributed by atoms with Gasteiger partial charge in [-0.25, -0.2) is 0 Å². The number of nitrogens with two attached hydrogens (primary N) is 1. The van der Waals surface area contributed by atoms with Crippen LogP contribution in [0.1, 0.15) is 47.0 Å². The second kappa shape index (κ2) is 10.1. The van der Waals surface area contributed by atoms with Crippen molar-refractivity contribution in [2.24, 2.45) is 5.73 Å². The van der Waals surface area contributed by atoms with Gasteiger partial charge in [-0.1, -0.05) is 51.6 Å². The van der Waals surface area contributed by atoms with Crippen molar-refractivity contribution in [3.05, 3.63) is 42.5 Å². The van der Waals surface area contributed by atoms with Crippen molar-refractivity contribution in [1.29, 1.82) is 0 Å². The van der Waals surface area contributed by atoms with Gasteiger partial charge >= 0.3 is 0 Å². The van der Waals surface area contributed by atoms with Gasteiger partial charge in [0.1, 0.15) is 12.4 Å². The molecule has 5 heteroatoms. The first-order chi connectivity index (χ1) is 13.2. The topological polar surface area (TPSA) is 58.8 Å². The first-order valence-electron chi connectivity index (χ1n) is 10.0. The molecule has 2 heterocycles.